The summed E-state index contributed by atoms with van der Waals surface area (Å²) in [7, 11) is 0. The number of ether oxygens (including phenoxy) is 1. The molecule has 4 aromatic rings. The van der Waals surface area contributed by atoms with E-state index in [1.54, 1.807) is 13.8 Å². The van der Waals surface area contributed by atoms with Crippen LogP contribution in [-0.2, 0) is 45.2 Å². The smallest absolute Gasteiger partial charge is 0.408 e. The Morgan fingerprint density at radius 1 is 0.582 bits per heavy atom. The third kappa shape index (κ3) is 14.0. The van der Waals surface area contributed by atoms with Crippen LogP contribution in [0, 0.1) is 11.8 Å². The highest BCUT2D eigenvalue weighted by Crippen LogP contribution is 2.15. The van der Waals surface area contributed by atoms with Crippen LogP contribution < -0.4 is 26.6 Å². The van der Waals surface area contributed by atoms with E-state index in [4.69, 9.17) is 4.74 Å². The number of hydrogen-bond acceptors (Lipinski definition) is 7. The Kier molecular flexibility index (Phi) is 16.9. The largest absolute Gasteiger partial charge is 0.445 e. The van der Waals surface area contributed by atoms with Crippen LogP contribution in [0.5, 0.6) is 0 Å². The lowest BCUT2D eigenvalue weighted by Crippen LogP contribution is -2.63. The molecule has 0 saturated carbocycles. The van der Waals surface area contributed by atoms with E-state index < -0.39 is 48.2 Å². The lowest BCUT2D eigenvalue weighted by Gasteiger charge is -2.33. The standard InChI is InChI=1S/C43H52BrN5O6/c1-28(2)36(40(51)46-26-31-16-10-6-11-17-31)48-42(53)38(45-25-32-20-22-34(44)23-21-32)39(50)35(24-30-14-8-5-9-15-30)47-41(52)37(29(3)4)49-43(54)55-27-33-18-12-7-13-19-33/h5-23,28-29,35-39,45,50H,24-27H2,1-4H3,(H,46,51)(H,47,52)(H,48,53)(H,49,54)/t35?,36-,37?,38?,39?/m1/s1. The van der Waals surface area contributed by atoms with Gasteiger partial charge in [0, 0.05) is 17.6 Å². The number of rotatable bonds is 19. The third-order valence-electron chi connectivity index (χ3n) is 9.09. The van der Waals surface area contributed by atoms with E-state index in [2.05, 4.69) is 42.5 Å². The van der Waals surface area contributed by atoms with Gasteiger partial charge in [0.2, 0.25) is 17.7 Å². The maximum absolute atomic E-state index is 14.3. The maximum Gasteiger partial charge on any atom is 0.408 e. The molecule has 4 amide bonds. The fourth-order valence-corrected chi connectivity index (χ4v) is 6.19. The summed E-state index contributed by atoms with van der Waals surface area (Å²) in [6.45, 7) is 7.74. The van der Waals surface area contributed by atoms with E-state index in [-0.39, 0.29) is 43.9 Å². The van der Waals surface area contributed by atoms with Crippen LogP contribution in [0.4, 0.5) is 4.79 Å². The van der Waals surface area contributed by atoms with Gasteiger partial charge in [-0.15, -0.1) is 0 Å². The Balaban J connectivity index is 1.57. The molecule has 0 saturated heterocycles. The minimum atomic E-state index is -1.49. The third-order valence-corrected chi connectivity index (χ3v) is 9.62. The highest BCUT2D eigenvalue weighted by molar-refractivity contribution is 9.10. The second-order valence-electron chi connectivity index (χ2n) is 14.1. The van der Waals surface area contributed by atoms with E-state index in [0.717, 1.165) is 26.7 Å². The Morgan fingerprint density at radius 2 is 1.07 bits per heavy atom. The lowest BCUT2D eigenvalue weighted by atomic mass is 9.93. The molecule has 55 heavy (non-hydrogen) atoms. The van der Waals surface area contributed by atoms with Crippen LogP contribution in [0.3, 0.4) is 0 Å². The van der Waals surface area contributed by atoms with Crippen LogP contribution in [0.25, 0.3) is 0 Å². The molecular weight excluding hydrogens is 762 g/mol. The number of carbonyl (C=O) groups excluding carboxylic acids is 4. The molecule has 12 heteroatoms. The Labute approximate surface area is 332 Å². The van der Waals surface area contributed by atoms with Crippen molar-refractivity contribution in [2.75, 3.05) is 0 Å². The molecule has 4 rings (SSSR count). The highest BCUT2D eigenvalue weighted by atomic mass is 79.9. The number of alkyl carbamates (subject to hydrolysis) is 1. The summed E-state index contributed by atoms with van der Waals surface area (Å²) in [6.07, 6.45) is -2.10. The first kappa shape index (κ1) is 42.7. The molecule has 0 heterocycles. The molecule has 0 aromatic heterocycles. The minimum absolute atomic E-state index is 0.0247. The zero-order valence-electron chi connectivity index (χ0n) is 31.7. The van der Waals surface area contributed by atoms with Gasteiger partial charge in [-0.3, -0.25) is 19.7 Å². The number of carbonyl (C=O) groups is 4. The number of aliphatic hydroxyl groups excluding tert-OH is 1. The second kappa shape index (κ2) is 21.7. The summed E-state index contributed by atoms with van der Waals surface area (Å²) >= 11 is 3.45. The fraction of sp³-hybridized carbons (Fsp3) is 0.349. The van der Waals surface area contributed by atoms with Gasteiger partial charge in [-0.2, -0.15) is 0 Å². The van der Waals surface area contributed by atoms with Gasteiger partial charge < -0.3 is 31.1 Å². The first-order chi connectivity index (χ1) is 26.4. The van der Waals surface area contributed by atoms with E-state index in [9.17, 15) is 24.3 Å². The van der Waals surface area contributed by atoms with E-state index in [1.807, 2.05) is 129 Å². The van der Waals surface area contributed by atoms with Gasteiger partial charge in [-0.25, -0.2) is 4.79 Å². The number of nitrogens with one attached hydrogen (secondary N) is 5. The van der Waals surface area contributed by atoms with Crippen molar-refractivity contribution in [2.45, 2.75) is 84.1 Å². The normalized spacial score (nSPS) is 13.9. The van der Waals surface area contributed by atoms with E-state index in [0.29, 0.717) is 0 Å². The molecular formula is C43H52BrN5O6. The van der Waals surface area contributed by atoms with Gasteiger partial charge in [0.05, 0.1) is 12.1 Å². The van der Waals surface area contributed by atoms with Crippen molar-refractivity contribution in [3.63, 3.8) is 0 Å². The van der Waals surface area contributed by atoms with Crippen LogP contribution in [0.1, 0.15) is 49.9 Å². The summed E-state index contributed by atoms with van der Waals surface area (Å²) < 4.78 is 6.28. The summed E-state index contributed by atoms with van der Waals surface area (Å²) in [5.41, 5.74) is 3.35. The molecule has 5 atom stereocenters. The van der Waals surface area contributed by atoms with Crippen molar-refractivity contribution in [3.8, 4) is 0 Å². The molecule has 0 aliphatic heterocycles. The maximum atomic E-state index is 14.3. The van der Waals surface area contributed by atoms with Crippen LogP contribution in [-0.4, -0.2) is 59.2 Å². The summed E-state index contributed by atoms with van der Waals surface area (Å²) in [5, 5.41) is 26.8. The predicted octanol–water partition coefficient (Wildman–Crippen LogP) is 5.40. The highest BCUT2D eigenvalue weighted by Gasteiger charge is 2.38. The zero-order chi connectivity index (χ0) is 39.7. The van der Waals surface area contributed by atoms with Crippen molar-refractivity contribution in [1.82, 2.24) is 26.6 Å². The summed E-state index contributed by atoms with van der Waals surface area (Å²) in [5.74, 6) is -2.18. The van der Waals surface area contributed by atoms with Crippen LogP contribution in [0.15, 0.2) is 120 Å². The number of halogens is 1. The lowest BCUT2D eigenvalue weighted by molar-refractivity contribution is -0.134. The second-order valence-corrected chi connectivity index (χ2v) is 15.1. The number of aliphatic hydroxyl groups is 1. The van der Waals surface area contributed by atoms with Crippen LogP contribution in [0.2, 0.25) is 0 Å². The van der Waals surface area contributed by atoms with Gasteiger partial charge in [-0.1, -0.05) is 147 Å². The number of amides is 4. The molecule has 0 fully saturated rings. The molecule has 292 valence electrons. The molecule has 11 nitrogen and oxygen atoms in total. The van der Waals surface area contributed by atoms with Gasteiger partial charge in [0.25, 0.3) is 0 Å². The number of benzene rings is 4. The van der Waals surface area contributed by atoms with Gasteiger partial charge >= 0.3 is 6.09 Å². The Morgan fingerprint density at radius 3 is 1.64 bits per heavy atom. The first-order valence-electron chi connectivity index (χ1n) is 18.5. The van der Waals surface area contributed by atoms with Crippen molar-refractivity contribution < 1.29 is 29.0 Å². The van der Waals surface area contributed by atoms with Crippen LogP contribution >= 0.6 is 15.9 Å². The molecule has 0 spiro atoms. The summed E-state index contributed by atoms with van der Waals surface area (Å²) in [6, 6.07) is 31.2. The fourth-order valence-electron chi connectivity index (χ4n) is 5.93. The summed E-state index contributed by atoms with van der Waals surface area (Å²) in [4.78, 5) is 54.6. The van der Waals surface area contributed by atoms with Crippen molar-refractivity contribution in [3.05, 3.63) is 142 Å². The van der Waals surface area contributed by atoms with E-state index in [1.165, 1.54) is 0 Å². The quantitative estimate of drug-likeness (QED) is 0.0740. The van der Waals surface area contributed by atoms with Crippen molar-refractivity contribution in [1.29, 1.82) is 0 Å². The molecule has 0 aliphatic carbocycles. The molecule has 6 N–H and O–H groups in total. The predicted molar refractivity (Wildman–Crippen MR) is 216 cm³/mol. The molecule has 0 aliphatic rings. The van der Waals surface area contributed by atoms with Crippen molar-refractivity contribution >= 4 is 39.7 Å². The molecule has 0 bridgehead atoms. The van der Waals surface area contributed by atoms with Gasteiger partial charge in [0.15, 0.2) is 0 Å². The molecule has 4 unspecified atom stereocenters. The minimum Gasteiger partial charge on any atom is -0.445 e. The average molecular weight is 815 g/mol. The molecule has 4 aromatic carbocycles. The average Bonchev–Trinajstić information content (AvgIpc) is 3.18. The SMILES string of the molecule is CC(C)C(NC(=O)OCc1ccccc1)C(=O)NC(Cc1ccccc1)C(O)C(NCc1ccc(Br)cc1)C(=O)N[C@@H](C(=O)NCc1ccccc1)C(C)C. The Bertz CT molecular complexity index is 1800. The van der Waals surface area contributed by atoms with Gasteiger partial charge in [0.1, 0.15) is 24.7 Å². The van der Waals surface area contributed by atoms with E-state index >= 15 is 0 Å². The zero-order valence-corrected chi connectivity index (χ0v) is 33.3. The Hall–Kier alpha value is -5.04. The van der Waals surface area contributed by atoms with Crippen molar-refractivity contribution in [2.24, 2.45) is 11.8 Å². The van der Waals surface area contributed by atoms with Gasteiger partial charge in [-0.05, 0) is 52.6 Å². The topological polar surface area (TPSA) is 158 Å². The molecule has 0 radical (unpaired) electrons. The number of hydrogen-bond donors (Lipinski definition) is 6. The monoisotopic (exact) mass is 813 g/mol. The first-order valence-corrected chi connectivity index (χ1v) is 19.3.